The molecule has 0 spiro atoms. The van der Waals surface area contributed by atoms with Crippen LogP contribution >= 0.6 is 23.1 Å². The molecule has 1 aromatic carbocycles. The number of ether oxygens (including phenoxy) is 2. The number of aliphatic imine (C=N–C) groups is 1. The molecule has 0 bridgehead atoms. The molecule has 158 valence electrons. The third-order valence-corrected chi connectivity index (χ3v) is 5.64. The molecule has 2 heterocycles. The summed E-state index contributed by atoms with van der Waals surface area (Å²) >= 11 is 2.61. The average molecular weight is 449 g/mol. The summed E-state index contributed by atoms with van der Waals surface area (Å²) in [5, 5.41) is 18.5. The van der Waals surface area contributed by atoms with Gasteiger partial charge in [-0.2, -0.15) is 4.99 Å². The Labute approximate surface area is 181 Å². The van der Waals surface area contributed by atoms with Crippen molar-refractivity contribution in [2.24, 2.45) is 4.99 Å². The second-order valence-corrected chi connectivity index (χ2v) is 8.27. The molecule has 1 fully saturated rings. The van der Waals surface area contributed by atoms with E-state index in [1.807, 2.05) is 13.8 Å². The molecule has 30 heavy (non-hydrogen) atoms. The lowest BCUT2D eigenvalue weighted by atomic mass is 10.2. The third-order valence-electron chi connectivity index (χ3n) is 3.85. The van der Waals surface area contributed by atoms with Crippen molar-refractivity contribution in [3.05, 3.63) is 33.7 Å². The topological polar surface area (TPSA) is 114 Å². The fourth-order valence-corrected chi connectivity index (χ4v) is 4.05. The van der Waals surface area contributed by atoms with Crippen molar-refractivity contribution < 1.29 is 24.2 Å². The molecule has 0 radical (unpaired) electrons. The van der Waals surface area contributed by atoms with E-state index in [0.717, 1.165) is 10.6 Å². The Hall–Kier alpha value is -2.92. The summed E-state index contributed by atoms with van der Waals surface area (Å²) in [6, 6.07) is 5.23. The van der Waals surface area contributed by atoms with Gasteiger partial charge in [-0.05, 0) is 49.4 Å². The zero-order chi connectivity index (χ0) is 21.7. The zero-order valence-electron chi connectivity index (χ0n) is 16.6. The van der Waals surface area contributed by atoms with Crippen LogP contribution in [0.4, 0.5) is 5.13 Å². The number of carbonyl (C=O) groups excluding carboxylic acids is 1. The zero-order valence-corrected chi connectivity index (χ0v) is 18.2. The van der Waals surface area contributed by atoms with Crippen LogP contribution in [0.1, 0.15) is 23.9 Å². The number of amidine groups is 1. The van der Waals surface area contributed by atoms with Gasteiger partial charge in [0.05, 0.1) is 24.5 Å². The number of carboxylic acid groups (broad SMARTS) is 1. The third kappa shape index (κ3) is 5.36. The predicted octanol–water partition coefficient (Wildman–Crippen LogP) is 3.33. The number of hydrogen-bond acceptors (Lipinski definition) is 9. The number of thioether (sulfide) groups is 1. The van der Waals surface area contributed by atoms with Crippen LogP contribution in [0.25, 0.3) is 6.08 Å². The summed E-state index contributed by atoms with van der Waals surface area (Å²) in [5.41, 5.74) is 0.751. The molecule has 1 aliphatic rings. The normalized spacial score (nSPS) is 16.5. The standard InChI is InChI=1S/C19H20N4O5S2/c1-4-27-14-9-12(5-6-13(14)28-8-7-16(24)25)10-15-17(26)23(3)19(30-15)20-18-22-21-11(2)29-18/h5-6,9-10H,4,7-8H2,1-3H3,(H,24,25)/b15-10+,20-19+. The van der Waals surface area contributed by atoms with Crippen LogP contribution < -0.4 is 9.47 Å². The van der Waals surface area contributed by atoms with Crippen molar-refractivity contribution >= 4 is 51.4 Å². The Morgan fingerprint density at radius 3 is 2.77 bits per heavy atom. The maximum Gasteiger partial charge on any atom is 0.306 e. The highest BCUT2D eigenvalue weighted by Crippen LogP contribution is 2.35. The molecule has 0 atom stereocenters. The van der Waals surface area contributed by atoms with Crippen molar-refractivity contribution in [3.63, 3.8) is 0 Å². The first-order valence-electron chi connectivity index (χ1n) is 9.05. The van der Waals surface area contributed by atoms with Crippen molar-refractivity contribution in [3.8, 4) is 11.5 Å². The summed E-state index contributed by atoms with van der Waals surface area (Å²) in [5.74, 6) is -0.160. The summed E-state index contributed by atoms with van der Waals surface area (Å²) in [6.07, 6.45) is 1.64. The van der Waals surface area contributed by atoms with Gasteiger partial charge in [-0.25, -0.2) is 0 Å². The highest BCUT2D eigenvalue weighted by atomic mass is 32.2. The van der Waals surface area contributed by atoms with Gasteiger partial charge >= 0.3 is 5.97 Å². The van der Waals surface area contributed by atoms with Gasteiger partial charge in [-0.3, -0.25) is 14.5 Å². The van der Waals surface area contributed by atoms with Crippen LogP contribution in [-0.2, 0) is 9.59 Å². The van der Waals surface area contributed by atoms with E-state index in [2.05, 4.69) is 15.2 Å². The second-order valence-electron chi connectivity index (χ2n) is 6.10. The monoisotopic (exact) mass is 448 g/mol. The lowest BCUT2D eigenvalue weighted by Gasteiger charge is -2.12. The molecule has 2 aromatic rings. The molecular weight excluding hydrogens is 428 g/mol. The predicted molar refractivity (Wildman–Crippen MR) is 115 cm³/mol. The minimum absolute atomic E-state index is 0.0416. The minimum Gasteiger partial charge on any atom is -0.490 e. The number of aliphatic carboxylic acids is 1. The molecule has 1 saturated heterocycles. The molecule has 1 aromatic heterocycles. The van der Waals surface area contributed by atoms with Crippen molar-refractivity contribution in [2.45, 2.75) is 20.3 Å². The van der Waals surface area contributed by atoms with E-state index < -0.39 is 5.97 Å². The van der Waals surface area contributed by atoms with E-state index in [0.29, 0.717) is 33.3 Å². The summed E-state index contributed by atoms with van der Waals surface area (Å²) in [4.78, 5) is 29.7. The summed E-state index contributed by atoms with van der Waals surface area (Å²) in [7, 11) is 1.66. The molecule has 3 rings (SSSR count). The highest BCUT2D eigenvalue weighted by molar-refractivity contribution is 8.18. The SMILES string of the molecule is CCOc1cc(/C=C2/S/C(=N/c3nnc(C)s3)N(C)C2=O)ccc1OCCC(=O)O. The lowest BCUT2D eigenvalue weighted by Crippen LogP contribution is -2.23. The first-order chi connectivity index (χ1) is 14.4. The van der Waals surface area contributed by atoms with Crippen molar-refractivity contribution in [1.29, 1.82) is 0 Å². The number of rotatable bonds is 8. The molecule has 11 heteroatoms. The van der Waals surface area contributed by atoms with Crippen LogP contribution in [0.3, 0.4) is 0 Å². The average Bonchev–Trinajstić information content (AvgIpc) is 3.22. The van der Waals surface area contributed by atoms with E-state index in [4.69, 9.17) is 14.6 Å². The van der Waals surface area contributed by atoms with Gasteiger partial charge in [0.2, 0.25) is 5.13 Å². The first kappa shape index (κ1) is 21.8. The van der Waals surface area contributed by atoms with Crippen LogP contribution in [0.5, 0.6) is 11.5 Å². The van der Waals surface area contributed by atoms with Gasteiger partial charge < -0.3 is 14.6 Å². The molecule has 9 nitrogen and oxygen atoms in total. The van der Waals surface area contributed by atoms with Crippen LogP contribution in [0.2, 0.25) is 0 Å². The van der Waals surface area contributed by atoms with Crippen LogP contribution in [0, 0.1) is 6.92 Å². The van der Waals surface area contributed by atoms with Crippen LogP contribution in [0.15, 0.2) is 28.1 Å². The number of carbonyl (C=O) groups is 2. The maximum atomic E-state index is 12.6. The van der Waals surface area contributed by atoms with Gasteiger partial charge in [0, 0.05) is 7.05 Å². The Morgan fingerprint density at radius 2 is 2.10 bits per heavy atom. The van der Waals surface area contributed by atoms with Gasteiger partial charge in [-0.15, -0.1) is 10.2 Å². The van der Waals surface area contributed by atoms with E-state index in [9.17, 15) is 9.59 Å². The fraction of sp³-hybridized carbons (Fsp3) is 0.316. The number of likely N-dealkylation sites (N-methyl/N-ethyl adjacent to an activating group) is 1. The molecule has 0 saturated carbocycles. The van der Waals surface area contributed by atoms with Crippen molar-refractivity contribution in [2.75, 3.05) is 20.3 Å². The lowest BCUT2D eigenvalue weighted by molar-refractivity contribution is -0.137. The van der Waals surface area contributed by atoms with E-state index in [1.165, 1.54) is 28.0 Å². The summed E-state index contributed by atoms with van der Waals surface area (Å²) in [6.45, 7) is 4.15. The number of hydrogen-bond donors (Lipinski definition) is 1. The van der Waals surface area contributed by atoms with Gasteiger partial charge in [0.1, 0.15) is 5.01 Å². The number of benzene rings is 1. The maximum absolute atomic E-state index is 12.6. The van der Waals surface area contributed by atoms with Gasteiger partial charge in [-0.1, -0.05) is 17.4 Å². The molecule has 0 aliphatic carbocycles. The number of carboxylic acids is 1. The Morgan fingerprint density at radius 1 is 1.30 bits per heavy atom. The molecule has 0 unspecified atom stereocenters. The highest BCUT2D eigenvalue weighted by Gasteiger charge is 2.30. The number of aromatic nitrogens is 2. The van der Waals surface area contributed by atoms with Crippen LogP contribution in [-0.4, -0.2) is 57.5 Å². The molecule has 1 N–H and O–H groups in total. The van der Waals surface area contributed by atoms with E-state index in [1.54, 1.807) is 31.3 Å². The van der Waals surface area contributed by atoms with E-state index in [-0.39, 0.29) is 18.9 Å². The first-order valence-corrected chi connectivity index (χ1v) is 10.7. The van der Waals surface area contributed by atoms with Gasteiger partial charge in [0.15, 0.2) is 16.7 Å². The molecular formula is C19H20N4O5S2. The quantitative estimate of drug-likeness (QED) is 0.612. The van der Waals surface area contributed by atoms with E-state index >= 15 is 0 Å². The number of amides is 1. The molecule has 1 amide bonds. The Balaban J connectivity index is 1.81. The fourth-order valence-electron chi connectivity index (χ4n) is 2.47. The number of aryl methyl sites for hydroxylation is 1. The largest absolute Gasteiger partial charge is 0.490 e. The minimum atomic E-state index is -0.934. The summed E-state index contributed by atoms with van der Waals surface area (Å²) < 4.78 is 11.1. The van der Waals surface area contributed by atoms with Gasteiger partial charge in [0.25, 0.3) is 5.91 Å². The second kappa shape index (κ2) is 9.72. The Kier molecular flexibility index (Phi) is 7.06. The smallest absolute Gasteiger partial charge is 0.306 e. The number of nitrogens with zero attached hydrogens (tertiary/aromatic N) is 4. The Bertz CT molecular complexity index is 1020. The van der Waals surface area contributed by atoms with Crippen molar-refractivity contribution in [1.82, 2.24) is 15.1 Å². The molecule has 1 aliphatic heterocycles.